The minimum atomic E-state index is -1.19. The topological polar surface area (TPSA) is 72.2 Å². The molecule has 1 aromatic heterocycles. The molecule has 3 aromatic rings. The first-order valence-corrected chi connectivity index (χ1v) is 7.73. The molecule has 0 aliphatic rings. The zero-order chi connectivity index (χ0) is 18.0. The molecule has 0 aliphatic heterocycles. The van der Waals surface area contributed by atoms with Gasteiger partial charge in [-0.3, -0.25) is 9.36 Å². The summed E-state index contributed by atoms with van der Waals surface area (Å²) in [7, 11) is 0. The molecular formula is C19H15FN2O3. The maximum Gasteiger partial charge on any atom is 0.328 e. The molecule has 0 saturated carbocycles. The van der Waals surface area contributed by atoms with Gasteiger partial charge in [0.25, 0.3) is 5.56 Å². The van der Waals surface area contributed by atoms with Crippen LogP contribution in [0.2, 0.25) is 0 Å². The van der Waals surface area contributed by atoms with E-state index >= 15 is 0 Å². The number of para-hydroxylation sites is 1. The Morgan fingerprint density at radius 1 is 1.28 bits per heavy atom. The van der Waals surface area contributed by atoms with Gasteiger partial charge < -0.3 is 5.11 Å². The van der Waals surface area contributed by atoms with Crippen molar-refractivity contribution in [1.82, 2.24) is 9.55 Å². The summed E-state index contributed by atoms with van der Waals surface area (Å²) < 4.78 is 15.7. The smallest absolute Gasteiger partial charge is 0.328 e. The number of carbonyl (C=O) groups is 1. The highest BCUT2D eigenvalue weighted by Gasteiger charge is 2.14. The van der Waals surface area contributed by atoms with Gasteiger partial charge in [0.05, 0.1) is 16.6 Å². The zero-order valence-electron chi connectivity index (χ0n) is 13.4. The third kappa shape index (κ3) is 3.19. The molecule has 0 spiro atoms. The summed E-state index contributed by atoms with van der Waals surface area (Å²) in [5.74, 6) is -1.30. The van der Waals surface area contributed by atoms with E-state index in [1.54, 1.807) is 12.1 Å². The molecule has 1 N–H and O–H groups in total. The predicted octanol–water partition coefficient (Wildman–Crippen LogP) is 3.19. The Bertz CT molecular complexity index is 1040. The van der Waals surface area contributed by atoms with Gasteiger partial charge in [0.15, 0.2) is 0 Å². The molecule has 3 rings (SSSR count). The number of aliphatic carboxylic acids is 1. The summed E-state index contributed by atoms with van der Waals surface area (Å²) in [6, 6.07) is 11.6. The quantitative estimate of drug-likeness (QED) is 0.742. The van der Waals surface area contributed by atoms with Crippen LogP contribution in [0.5, 0.6) is 0 Å². The van der Waals surface area contributed by atoms with Crippen molar-refractivity contribution in [1.29, 1.82) is 0 Å². The molecule has 0 atom stereocenters. The summed E-state index contributed by atoms with van der Waals surface area (Å²) in [6.07, 6.45) is 2.45. The highest BCUT2D eigenvalue weighted by atomic mass is 19.1. The number of aromatic nitrogens is 2. The second kappa shape index (κ2) is 6.68. The van der Waals surface area contributed by atoms with E-state index in [4.69, 9.17) is 5.11 Å². The number of hydrogen-bond acceptors (Lipinski definition) is 3. The molecular weight excluding hydrogens is 323 g/mol. The van der Waals surface area contributed by atoms with Crippen LogP contribution in [0.25, 0.3) is 22.7 Å². The van der Waals surface area contributed by atoms with Crippen molar-refractivity contribution in [3.05, 3.63) is 76.1 Å². The molecule has 2 aromatic carbocycles. The Labute approximate surface area is 142 Å². The number of carboxylic acids is 1. The van der Waals surface area contributed by atoms with Crippen molar-refractivity contribution >= 4 is 22.9 Å². The van der Waals surface area contributed by atoms with Crippen LogP contribution in [0, 0.1) is 5.82 Å². The van der Waals surface area contributed by atoms with Gasteiger partial charge in [-0.15, -0.1) is 0 Å². The Hall–Kier alpha value is -3.28. The van der Waals surface area contributed by atoms with Gasteiger partial charge in [0, 0.05) is 24.1 Å². The second-order valence-electron chi connectivity index (χ2n) is 5.42. The minimum absolute atomic E-state index is 0.0256. The maximum atomic E-state index is 14.2. The van der Waals surface area contributed by atoms with Crippen molar-refractivity contribution in [3.8, 4) is 5.69 Å². The molecule has 0 unspecified atom stereocenters. The number of aryl methyl sites for hydroxylation is 1. The van der Waals surface area contributed by atoms with Crippen LogP contribution < -0.4 is 5.56 Å². The van der Waals surface area contributed by atoms with Crippen molar-refractivity contribution in [2.45, 2.75) is 13.3 Å². The maximum absolute atomic E-state index is 14.2. The van der Waals surface area contributed by atoms with Crippen molar-refractivity contribution in [2.75, 3.05) is 0 Å². The van der Waals surface area contributed by atoms with Gasteiger partial charge in [0.1, 0.15) is 11.6 Å². The first kappa shape index (κ1) is 16.6. The first-order valence-electron chi connectivity index (χ1n) is 7.73. The molecule has 6 heteroatoms. The van der Waals surface area contributed by atoms with Crippen LogP contribution >= 0.6 is 0 Å². The van der Waals surface area contributed by atoms with E-state index in [1.165, 1.54) is 10.6 Å². The van der Waals surface area contributed by atoms with Crippen LogP contribution in [0.15, 0.2) is 53.3 Å². The van der Waals surface area contributed by atoms with Crippen molar-refractivity contribution < 1.29 is 14.3 Å². The van der Waals surface area contributed by atoms with Gasteiger partial charge in [0.2, 0.25) is 0 Å². The standard InChI is InChI=1S/C19H15FN2O3/c1-2-17-21-16-11-15(20)12(8-9-18(23)24)10-14(16)19(25)22(17)13-6-4-3-5-7-13/h3-11H,2H2,1H3,(H,23,24). The summed E-state index contributed by atoms with van der Waals surface area (Å²) in [4.78, 5) is 28.0. The van der Waals surface area contributed by atoms with Gasteiger partial charge in [-0.2, -0.15) is 0 Å². The van der Waals surface area contributed by atoms with Crippen LogP contribution in [0.4, 0.5) is 4.39 Å². The normalized spacial score (nSPS) is 11.3. The highest BCUT2D eigenvalue weighted by Crippen LogP contribution is 2.19. The van der Waals surface area contributed by atoms with Crippen LogP contribution in [0.3, 0.4) is 0 Å². The molecule has 126 valence electrons. The lowest BCUT2D eigenvalue weighted by molar-refractivity contribution is -0.131. The Balaban J connectivity index is 2.31. The number of hydrogen-bond donors (Lipinski definition) is 1. The number of fused-ring (bicyclic) bond motifs is 1. The molecule has 0 bridgehead atoms. The van der Waals surface area contributed by atoms with E-state index in [9.17, 15) is 14.0 Å². The number of benzene rings is 2. The Kier molecular flexibility index (Phi) is 4.43. The Morgan fingerprint density at radius 3 is 2.64 bits per heavy atom. The van der Waals surface area contributed by atoms with Gasteiger partial charge in [-0.05, 0) is 24.3 Å². The number of rotatable bonds is 4. The van der Waals surface area contributed by atoms with Crippen LogP contribution in [0.1, 0.15) is 18.3 Å². The number of carboxylic acid groups (broad SMARTS) is 1. The Morgan fingerprint density at radius 2 is 2.00 bits per heavy atom. The van der Waals surface area contributed by atoms with E-state index < -0.39 is 11.8 Å². The molecule has 0 saturated heterocycles. The van der Waals surface area contributed by atoms with Crippen LogP contribution in [-0.2, 0) is 11.2 Å². The second-order valence-corrected chi connectivity index (χ2v) is 5.42. The van der Waals surface area contributed by atoms with E-state index in [0.717, 1.165) is 18.2 Å². The van der Waals surface area contributed by atoms with Gasteiger partial charge >= 0.3 is 5.97 Å². The van der Waals surface area contributed by atoms with E-state index in [0.29, 0.717) is 17.9 Å². The van der Waals surface area contributed by atoms with Gasteiger partial charge in [-0.25, -0.2) is 14.2 Å². The molecule has 0 fully saturated rings. The number of halogens is 1. The monoisotopic (exact) mass is 338 g/mol. The third-order valence-corrected chi connectivity index (χ3v) is 3.79. The van der Waals surface area contributed by atoms with Crippen molar-refractivity contribution in [2.24, 2.45) is 0 Å². The largest absolute Gasteiger partial charge is 0.478 e. The fraction of sp³-hybridized carbons (Fsp3) is 0.105. The highest BCUT2D eigenvalue weighted by molar-refractivity contribution is 5.87. The minimum Gasteiger partial charge on any atom is -0.478 e. The van der Waals surface area contributed by atoms with E-state index in [2.05, 4.69) is 4.98 Å². The average Bonchev–Trinajstić information content (AvgIpc) is 2.60. The summed E-state index contributed by atoms with van der Waals surface area (Å²) in [5.41, 5.74) is 0.625. The third-order valence-electron chi connectivity index (χ3n) is 3.79. The SMILES string of the molecule is CCc1nc2cc(F)c(C=CC(=O)O)cc2c(=O)n1-c1ccccc1. The molecule has 5 nitrogen and oxygen atoms in total. The van der Waals surface area contributed by atoms with Crippen LogP contribution in [-0.4, -0.2) is 20.6 Å². The lowest BCUT2D eigenvalue weighted by Gasteiger charge is -2.13. The molecule has 0 radical (unpaired) electrons. The first-order chi connectivity index (χ1) is 12.0. The summed E-state index contributed by atoms with van der Waals surface area (Å²) >= 11 is 0. The molecule has 0 aliphatic carbocycles. The average molecular weight is 338 g/mol. The fourth-order valence-electron chi connectivity index (χ4n) is 2.64. The molecule has 0 amide bonds. The number of nitrogens with zero attached hydrogens (tertiary/aromatic N) is 2. The van der Waals surface area contributed by atoms with E-state index in [1.807, 2.05) is 25.1 Å². The summed E-state index contributed by atoms with van der Waals surface area (Å²) in [6.45, 7) is 1.87. The fourth-order valence-corrected chi connectivity index (χ4v) is 2.64. The zero-order valence-corrected chi connectivity index (χ0v) is 13.4. The van der Waals surface area contributed by atoms with Gasteiger partial charge in [-0.1, -0.05) is 25.1 Å². The van der Waals surface area contributed by atoms with Crippen molar-refractivity contribution in [3.63, 3.8) is 0 Å². The summed E-state index contributed by atoms with van der Waals surface area (Å²) in [5, 5.41) is 8.94. The molecule has 25 heavy (non-hydrogen) atoms. The predicted molar refractivity (Wildman–Crippen MR) is 93.3 cm³/mol. The lowest BCUT2D eigenvalue weighted by Crippen LogP contribution is -2.23. The molecule has 1 heterocycles. The lowest BCUT2D eigenvalue weighted by atomic mass is 10.1. The van der Waals surface area contributed by atoms with E-state index in [-0.39, 0.29) is 22.0 Å².